The van der Waals surface area contributed by atoms with Gasteiger partial charge in [-0.25, -0.2) is 0 Å². The average molecular weight is 564 g/mol. The van der Waals surface area contributed by atoms with Gasteiger partial charge in [0.15, 0.2) is 5.96 Å². The van der Waals surface area contributed by atoms with Crippen molar-refractivity contribution in [2.24, 2.45) is 4.99 Å². The van der Waals surface area contributed by atoms with Gasteiger partial charge < -0.3 is 24.6 Å². The molecule has 4 rings (SSSR count). The van der Waals surface area contributed by atoms with E-state index in [1.54, 1.807) is 7.05 Å². The number of carbonyl (C=O) groups is 1. The lowest BCUT2D eigenvalue weighted by Crippen LogP contribution is -2.55. The van der Waals surface area contributed by atoms with E-state index in [9.17, 15) is 4.79 Å². The van der Waals surface area contributed by atoms with Gasteiger partial charge in [0.25, 0.3) is 5.91 Å². The molecule has 0 aromatic heterocycles. The first kappa shape index (κ1) is 25.3. The van der Waals surface area contributed by atoms with Crippen molar-refractivity contribution in [3.8, 4) is 5.75 Å². The van der Waals surface area contributed by atoms with Crippen molar-refractivity contribution in [1.82, 2.24) is 15.1 Å². The molecule has 2 heterocycles. The number of piperazine rings is 1. The van der Waals surface area contributed by atoms with Crippen LogP contribution in [0.1, 0.15) is 24.0 Å². The minimum absolute atomic E-state index is 0. The Morgan fingerprint density at radius 2 is 1.79 bits per heavy atom. The number of rotatable bonds is 6. The minimum atomic E-state index is -0.239. The number of halogens is 1. The third-order valence-corrected chi connectivity index (χ3v) is 5.90. The largest absolute Gasteiger partial charge is 0.489 e. The number of nitrogens with zero attached hydrogens (tertiary/aromatic N) is 3. The van der Waals surface area contributed by atoms with Crippen LogP contribution in [0, 0.1) is 0 Å². The van der Waals surface area contributed by atoms with Crippen LogP contribution in [-0.2, 0) is 22.7 Å². The molecule has 2 aliphatic heterocycles. The number of carbonyl (C=O) groups excluding carboxylic acids is 1. The zero-order valence-electron chi connectivity index (χ0n) is 19.1. The number of benzene rings is 2. The van der Waals surface area contributed by atoms with Gasteiger partial charge in [0.2, 0.25) is 0 Å². The van der Waals surface area contributed by atoms with E-state index in [1.807, 2.05) is 35.2 Å². The van der Waals surface area contributed by atoms with E-state index in [4.69, 9.17) is 9.47 Å². The summed E-state index contributed by atoms with van der Waals surface area (Å²) in [6.07, 6.45) is 1.58. The predicted octanol–water partition coefficient (Wildman–Crippen LogP) is 3.28. The van der Waals surface area contributed by atoms with Gasteiger partial charge in [-0.15, -0.1) is 24.0 Å². The van der Waals surface area contributed by atoms with Gasteiger partial charge in [0, 0.05) is 46.4 Å². The maximum absolute atomic E-state index is 12.6. The molecule has 2 aromatic rings. The zero-order chi connectivity index (χ0) is 22.2. The Morgan fingerprint density at radius 1 is 1.06 bits per heavy atom. The molecule has 33 heavy (non-hydrogen) atoms. The summed E-state index contributed by atoms with van der Waals surface area (Å²) in [5.74, 6) is 1.87. The number of aliphatic imine (C=N–C) groups is 1. The first-order valence-electron chi connectivity index (χ1n) is 11.3. The highest BCUT2D eigenvalue weighted by molar-refractivity contribution is 14.0. The van der Waals surface area contributed by atoms with Crippen LogP contribution in [0.15, 0.2) is 59.6 Å². The quantitative estimate of drug-likeness (QED) is 0.332. The van der Waals surface area contributed by atoms with Gasteiger partial charge in [-0.3, -0.25) is 9.79 Å². The molecule has 2 aliphatic rings. The fourth-order valence-corrected chi connectivity index (χ4v) is 4.14. The smallest absolute Gasteiger partial charge is 0.251 e. The summed E-state index contributed by atoms with van der Waals surface area (Å²) in [4.78, 5) is 21.1. The maximum atomic E-state index is 12.6. The van der Waals surface area contributed by atoms with Crippen molar-refractivity contribution >= 4 is 35.8 Å². The molecule has 1 N–H and O–H groups in total. The summed E-state index contributed by atoms with van der Waals surface area (Å²) in [5, 5.41) is 3.46. The molecule has 1 atom stereocenters. The van der Waals surface area contributed by atoms with Crippen LogP contribution >= 0.6 is 24.0 Å². The first-order valence-corrected chi connectivity index (χ1v) is 11.3. The van der Waals surface area contributed by atoms with Gasteiger partial charge in [0.1, 0.15) is 18.5 Å². The molecule has 0 spiro atoms. The van der Waals surface area contributed by atoms with E-state index in [2.05, 4.69) is 39.5 Å². The lowest BCUT2D eigenvalue weighted by Gasteiger charge is -2.37. The Hall–Kier alpha value is -2.33. The van der Waals surface area contributed by atoms with Crippen LogP contribution in [0.3, 0.4) is 0 Å². The first-order chi connectivity index (χ1) is 15.7. The van der Waals surface area contributed by atoms with Gasteiger partial charge in [-0.2, -0.15) is 0 Å². The van der Waals surface area contributed by atoms with Crippen LogP contribution < -0.4 is 10.1 Å². The van der Waals surface area contributed by atoms with Crippen LogP contribution in [-0.4, -0.2) is 67.6 Å². The number of ether oxygens (including phenoxy) is 2. The Kier molecular flexibility index (Phi) is 9.80. The van der Waals surface area contributed by atoms with E-state index < -0.39 is 0 Å². The van der Waals surface area contributed by atoms with Gasteiger partial charge in [-0.1, -0.05) is 42.5 Å². The van der Waals surface area contributed by atoms with Gasteiger partial charge in [0.05, 0.1) is 0 Å². The van der Waals surface area contributed by atoms with Crippen molar-refractivity contribution in [2.45, 2.75) is 32.1 Å². The number of para-hydroxylation sites is 1. The number of guanidine groups is 1. The maximum Gasteiger partial charge on any atom is 0.251 e. The fourth-order valence-electron chi connectivity index (χ4n) is 4.14. The highest BCUT2D eigenvalue weighted by atomic mass is 127. The lowest BCUT2D eigenvalue weighted by molar-refractivity contribution is -0.142. The normalized spacial score (nSPS) is 18.6. The Bertz CT molecular complexity index is 911. The molecule has 178 valence electrons. The topological polar surface area (TPSA) is 66.4 Å². The average Bonchev–Trinajstić information content (AvgIpc) is 3.39. The number of nitrogens with one attached hydrogen (secondary N) is 1. The molecular formula is C25H33IN4O3. The predicted molar refractivity (Wildman–Crippen MR) is 140 cm³/mol. The number of hydrogen-bond acceptors (Lipinski definition) is 4. The molecule has 1 unspecified atom stereocenters. The second-order valence-corrected chi connectivity index (χ2v) is 8.14. The van der Waals surface area contributed by atoms with Crippen LogP contribution in [0.2, 0.25) is 0 Å². The zero-order valence-corrected chi connectivity index (χ0v) is 21.4. The molecule has 1 amide bonds. The summed E-state index contributed by atoms with van der Waals surface area (Å²) in [6.45, 7) is 4.85. The van der Waals surface area contributed by atoms with E-state index >= 15 is 0 Å². The van der Waals surface area contributed by atoms with Crippen LogP contribution in [0.5, 0.6) is 5.75 Å². The molecule has 8 heteroatoms. The molecule has 0 radical (unpaired) electrons. The minimum Gasteiger partial charge on any atom is -0.489 e. The standard InChI is InChI=1S/C25H32N4O3.HI/c1-26-25(29-14-12-28(13-15-29)24(30)23-11-6-16-31-23)27-18-20-7-5-8-21(17-20)19-32-22-9-3-2-4-10-22;/h2-5,7-10,17,23H,6,11-16,18-19H2,1H3,(H,26,27);1H. The van der Waals surface area contributed by atoms with Crippen LogP contribution in [0.4, 0.5) is 0 Å². The number of hydrogen-bond donors (Lipinski definition) is 1. The molecule has 0 bridgehead atoms. The van der Waals surface area contributed by atoms with Crippen LogP contribution in [0.25, 0.3) is 0 Å². The van der Waals surface area contributed by atoms with Crippen molar-refractivity contribution in [2.75, 3.05) is 39.8 Å². The summed E-state index contributed by atoms with van der Waals surface area (Å²) < 4.78 is 11.4. The van der Waals surface area contributed by atoms with E-state index in [1.165, 1.54) is 5.56 Å². The van der Waals surface area contributed by atoms with Gasteiger partial charge >= 0.3 is 0 Å². The molecule has 7 nitrogen and oxygen atoms in total. The molecule has 2 saturated heterocycles. The van der Waals surface area contributed by atoms with E-state index in [0.29, 0.717) is 32.8 Å². The van der Waals surface area contributed by atoms with E-state index in [0.717, 1.165) is 43.2 Å². The highest BCUT2D eigenvalue weighted by Gasteiger charge is 2.30. The van der Waals surface area contributed by atoms with Crippen molar-refractivity contribution < 1.29 is 14.3 Å². The Labute approximate surface area is 213 Å². The lowest BCUT2D eigenvalue weighted by atomic mass is 10.1. The SMILES string of the molecule is CN=C(NCc1cccc(COc2ccccc2)c1)N1CCN(C(=O)C2CCCO2)CC1.I. The Morgan fingerprint density at radius 3 is 2.48 bits per heavy atom. The summed E-state index contributed by atoms with van der Waals surface area (Å²) in [5.41, 5.74) is 2.30. The van der Waals surface area contributed by atoms with E-state index in [-0.39, 0.29) is 36.0 Å². The fraction of sp³-hybridized carbons (Fsp3) is 0.440. The molecule has 0 aliphatic carbocycles. The third-order valence-electron chi connectivity index (χ3n) is 5.90. The van der Waals surface area contributed by atoms with Gasteiger partial charge in [-0.05, 0) is 36.1 Å². The highest BCUT2D eigenvalue weighted by Crippen LogP contribution is 2.16. The molecule has 2 fully saturated rings. The third kappa shape index (κ3) is 7.07. The summed E-state index contributed by atoms with van der Waals surface area (Å²) >= 11 is 0. The van der Waals surface area contributed by atoms with Crippen molar-refractivity contribution in [3.05, 3.63) is 65.7 Å². The summed E-state index contributed by atoms with van der Waals surface area (Å²) in [7, 11) is 1.80. The summed E-state index contributed by atoms with van der Waals surface area (Å²) in [6, 6.07) is 18.2. The molecular weight excluding hydrogens is 531 g/mol. The second kappa shape index (κ2) is 12.8. The molecule has 0 saturated carbocycles. The van der Waals surface area contributed by atoms with Crippen molar-refractivity contribution in [3.63, 3.8) is 0 Å². The van der Waals surface area contributed by atoms with Crippen molar-refractivity contribution in [1.29, 1.82) is 0 Å². The second-order valence-electron chi connectivity index (χ2n) is 8.14. The monoisotopic (exact) mass is 564 g/mol. The molecule has 2 aromatic carbocycles. The number of amides is 1. The Balaban J connectivity index is 0.00000306.